The zero-order chi connectivity index (χ0) is 20.3. The first-order chi connectivity index (χ1) is 13.4. The summed E-state index contributed by atoms with van der Waals surface area (Å²) < 4.78 is 21.2. The minimum absolute atomic E-state index is 0.148. The Labute approximate surface area is 160 Å². The van der Waals surface area contributed by atoms with Gasteiger partial charge in [-0.25, -0.2) is 4.90 Å². The maximum Gasteiger partial charge on any atom is 0.303 e. The van der Waals surface area contributed by atoms with Crippen LogP contribution in [0.5, 0.6) is 0 Å². The van der Waals surface area contributed by atoms with Crippen LogP contribution in [0.4, 0.5) is 0 Å². The molecule has 2 aliphatic rings. The van der Waals surface area contributed by atoms with E-state index >= 15 is 0 Å². The number of fused-ring (bicyclic) bond motifs is 1. The number of esters is 2. The molecule has 9 nitrogen and oxygen atoms in total. The molecule has 0 aromatic heterocycles. The van der Waals surface area contributed by atoms with Crippen LogP contribution in [-0.2, 0) is 28.5 Å². The van der Waals surface area contributed by atoms with Crippen LogP contribution in [0.1, 0.15) is 34.6 Å². The summed E-state index contributed by atoms with van der Waals surface area (Å²) in [6.45, 7) is 2.03. The van der Waals surface area contributed by atoms with Crippen LogP contribution in [0.2, 0.25) is 0 Å². The van der Waals surface area contributed by atoms with Crippen molar-refractivity contribution in [1.82, 2.24) is 4.90 Å². The molecule has 3 rings (SSSR count). The number of hydrogen-bond acceptors (Lipinski definition) is 8. The zero-order valence-corrected chi connectivity index (χ0v) is 15.3. The highest BCUT2D eigenvalue weighted by molar-refractivity contribution is 6.21. The van der Waals surface area contributed by atoms with Gasteiger partial charge in [0.05, 0.1) is 11.1 Å². The van der Waals surface area contributed by atoms with Crippen LogP contribution >= 0.6 is 0 Å². The van der Waals surface area contributed by atoms with Gasteiger partial charge in [-0.1, -0.05) is 12.1 Å². The first-order valence-corrected chi connectivity index (χ1v) is 8.58. The fourth-order valence-electron chi connectivity index (χ4n) is 2.86. The zero-order valence-electron chi connectivity index (χ0n) is 15.3. The fraction of sp³-hybridized carbons (Fsp3) is 0.368. The summed E-state index contributed by atoms with van der Waals surface area (Å²) in [6.07, 6.45) is 0.583. The molecule has 0 fully saturated rings. The standard InChI is InChI=1S/C19H19NO8/c1-11(21)25-9-16-15(27-12(2)22)7-8-17(28-16)26-10-20-18(23)13-5-3-4-6-14(13)19(20)24/h3-8,15-17H,9-10H2,1-2H3/t15-,16+,17-/m0/s1. The van der Waals surface area contributed by atoms with Gasteiger partial charge in [0.25, 0.3) is 11.8 Å². The molecule has 0 unspecified atom stereocenters. The number of benzene rings is 1. The van der Waals surface area contributed by atoms with Crippen LogP contribution in [0.3, 0.4) is 0 Å². The van der Waals surface area contributed by atoms with E-state index in [9.17, 15) is 19.2 Å². The molecule has 0 spiro atoms. The number of amides is 2. The molecule has 1 aromatic carbocycles. The summed E-state index contributed by atoms with van der Waals surface area (Å²) in [5.74, 6) is -1.93. The van der Waals surface area contributed by atoms with Crippen molar-refractivity contribution < 1.29 is 38.1 Å². The molecule has 2 amide bonds. The maximum absolute atomic E-state index is 12.3. The van der Waals surface area contributed by atoms with Crippen molar-refractivity contribution in [2.45, 2.75) is 32.3 Å². The van der Waals surface area contributed by atoms with Crippen molar-refractivity contribution in [3.63, 3.8) is 0 Å². The molecule has 0 saturated carbocycles. The summed E-state index contributed by atoms with van der Waals surface area (Å²) in [6, 6.07) is 6.50. The van der Waals surface area contributed by atoms with E-state index in [2.05, 4.69) is 0 Å². The molecule has 28 heavy (non-hydrogen) atoms. The van der Waals surface area contributed by atoms with E-state index in [0.29, 0.717) is 11.1 Å². The highest BCUT2D eigenvalue weighted by atomic mass is 16.7. The third-order valence-corrected chi connectivity index (χ3v) is 4.13. The van der Waals surface area contributed by atoms with E-state index in [1.807, 2.05) is 0 Å². The Morgan fingerprint density at radius 3 is 2.25 bits per heavy atom. The topological polar surface area (TPSA) is 108 Å². The Kier molecular flexibility index (Phi) is 5.86. The van der Waals surface area contributed by atoms with Gasteiger partial charge in [0.15, 0.2) is 6.29 Å². The van der Waals surface area contributed by atoms with Crippen molar-refractivity contribution in [1.29, 1.82) is 0 Å². The molecular formula is C19H19NO8. The Balaban J connectivity index is 1.63. The molecular weight excluding hydrogens is 370 g/mol. The van der Waals surface area contributed by atoms with Crippen molar-refractivity contribution in [3.8, 4) is 0 Å². The molecule has 0 bridgehead atoms. The molecule has 0 saturated heterocycles. The van der Waals surface area contributed by atoms with Crippen molar-refractivity contribution in [3.05, 3.63) is 47.5 Å². The van der Waals surface area contributed by atoms with Gasteiger partial charge in [-0.15, -0.1) is 0 Å². The lowest BCUT2D eigenvalue weighted by molar-refractivity contribution is -0.202. The molecule has 9 heteroatoms. The first kappa shape index (κ1) is 19.7. The van der Waals surface area contributed by atoms with Crippen molar-refractivity contribution >= 4 is 23.8 Å². The third-order valence-electron chi connectivity index (χ3n) is 4.13. The highest BCUT2D eigenvalue weighted by Gasteiger charge is 2.37. The normalized spacial score (nSPS) is 23.5. The molecule has 1 aromatic rings. The molecule has 0 N–H and O–H groups in total. The summed E-state index contributed by atoms with van der Waals surface area (Å²) >= 11 is 0. The van der Waals surface area contributed by atoms with Crippen LogP contribution < -0.4 is 0 Å². The number of ether oxygens (including phenoxy) is 4. The monoisotopic (exact) mass is 389 g/mol. The van der Waals surface area contributed by atoms with Gasteiger partial charge in [0.1, 0.15) is 25.5 Å². The second kappa shape index (κ2) is 8.32. The second-order valence-electron chi connectivity index (χ2n) is 6.18. The summed E-state index contributed by atoms with van der Waals surface area (Å²) in [5.41, 5.74) is 0.637. The van der Waals surface area contributed by atoms with E-state index in [-0.39, 0.29) is 13.3 Å². The van der Waals surface area contributed by atoms with E-state index in [4.69, 9.17) is 18.9 Å². The van der Waals surface area contributed by atoms with Crippen LogP contribution in [0.25, 0.3) is 0 Å². The highest BCUT2D eigenvalue weighted by Crippen LogP contribution is 2.23. The molecule has 0 radical (unpaired) electrons. The van der Waals surface area contributed by atoms with Gasteiger partial charge >= 0.3 is 11.9 Å². The van der Waals surface area contributed by atoms with E-state index in [0.717, 1.165) is 4.90 Å². The smallest absolute Gasteiger partial charge is 0.303 e. The predicted molar refractivity (Wildman–Crippen MR) is 92.9 cm³/mol. The van der Waals surface area contributed by atoms with Crippen LogP contribution in [0, 0.1) is 0 Å². The maximum atomic E-state index is 12.3. The van der Waals surface area contributed by atoms with Crippen LogP contribution in [-0.4, -0.2) is 60.5 Å². The SMILES string of the molecule is CC(=O)OC[C@H]1O[C@H](OCN2C(=O)c3ccccc3C2=O)C=C[C@@H]1OC(C)=O. The Morgan fingerprint density at radius 1 is 1.04 bits per heavy atom. The number of hydrogen-bond donors (Lipinski definition) is 0. The average Bonchev–Trinajstić information content (AvgIpc) is 2.90. The van der Waals surface area contributed by atoms with Gasteiger partial charge in [-0.3, -0.25) is 19.2 Å². The Morgan fingerprint density at radius 2 is 1.68 bits per heavy atom. The van der Waals surface area contributed by atoms with E-state index < -0.39 is 42.3 Å². The average molecular weight is 389 g/mol. The summed E-state index contributed by atoms with van der Waals surface area (Å²) in [5, 5.41) is 0. The molecule has 2 aliphatic heterocycles. The summed E-state index contributed by atoms with van der Waals surface area (Å²) in [4.78, 5) is 48.0. The summed E-state index contributed by atoms with van der Waals surface area (Å²) in [7, 11) is 0. The first-order valence-electron chi connectivity index (χ1n) is 8.58. The van der Waals surface area contributed by atoms with Crippen molar-refractivity contribution in [2.75, 3.05) is 13.3 Å². The minimum Gasteiger partial charge on any atom is -0.463 e. The largest absolute Gasteiger partial charge is 0.463 e. The Bertz CT molecular complexity index is 798. The lowest BCUT2D eigenvalue weighted by atomic mass is 10.1. The Hall–Kier alpha value is -3.04. The van der Waals surface area contributed by atoms with E-state index in [1.165, 1.54) is 19.9 Å². The number of nitrogens with zero attached hydrogens (tertiary/aromatic N) is 1. The molecule has 148 valence electrons. The third kappa shape index (κ3) is 4.26. The fourth-order valence-corrected chi connectivity index (χ4v) is 2.86. The number of carbonyl (C=O) groups excluding carboxylic acids is 4. The van der Waals surface area contributed by atoms with Gasteiger partial charge in [0, 0.05) is 13.8 Å². The molecule has 3 atom stereocenters. The number of carbonyl (C=O) groups is 4. The van der Waals surface area contributed by atoms with Gasteiger partial charge in [0.2, 0.25) is 0 Å². The van der Waals surface area contributed by atoms with E-state index in [1.54, 1.807) is 30.3 Å². The predicted octanol–water partition coefficient (Wildman–Crippen LogP) is 1.03. The van der Waals surface area contributed by atoms with Crippen molar-refractivity contribution in [2.24, 2.45) is 0 Å². The van der Waals surface area contributed by atoms with Crippen LogP contribution in [0.15, 0.2) is 36.4 Å². The second-order valence-corrected chi connectivity index (χ2v) is 6.18. The van der Waals surface area contributed by atoms with Gasteiger partial charge in [-0.2, -0.15) is 0 Å². The lowest BCUT2D eigenvalue weighted by Crippen LogP contribution is -2.43. The molecule has 0 aliphatic carbocycles. The van der Waals surface area contributed by atoms with Gasteiger partial charge in [-0.05, 0) is 24.3 Å². The minimum atomic E-state index is -0.920. The lowest BCUT2D eigenvalue weighted by Gasteiger charge is -2.31. The molecule has 2 heterocycles. The number of imide groups is 1. The number of rotatable bonds is 6. The van der Waals surface area contributed by atoms with Gasteiger partial charge < -0.3 is 18.9 Å². The quantitative estimate of drug-likeness (QED) is 0.403.